The molecule has 158 valence electrons. The van der Waals surface area contributed by atoms with Crippen molar-refractivity contribution in [3.63, 3.8) is 0 Å². The summed E-state index contributed by atoms with van der Waals surface area (Å²) in [4.78, 5) is 13.9. The number of carbonyl (C=O) groups is 1. The van der Waals surface area contributed by atoms with E-state index in [4.69, 9.17) is 4.74 Å². The maximum absolute atomic E-state index is 12.5. The third kappa shape index (κ3) is 6.93. The lowest BCUT2D eigenvalue weighted by Crippen LogP contribution is -3.04. The van der Waals surface area contributed by atoms with Crippen molar-refractivity contribution in [3.05, 3.63) is 65.2 Å². The van der Waals surface area contributed by atoms with E-state index in [9.17, 15) is 13.2 Å². The zero-order valence-electron chi connectivity index (χ0n) is 17.4. The first-order valence-corrected chi connectivity index (χ1v) is 11.0. The Kier molecular flexibility index (Phi) is 8.33. The topological polar surface area (TPSA) is 88.9 Å². The molecule has 0 aliphatic rings. The van der Waals surface area contributed by atoms with E-state index in [2.05, 4.69) is 30.2 Å². The van der Waals surface area contributed by atoms with Crippen molar-refractivity contribution >= 4 is 15.9 Å². The molecule has 0 fully saturated rings. The van der Waals surface area contributed by atoms with Crippen LogP contribution >= 0.6 is 0 Å². The van der Waals surface area contributed by atoms with Crippen LogP contribution in [0.3, 0.4) is 0 Å². The van der Waals surface area contributed by atoms with Crippen molar-refractivity contribution in [3.8, 4) is 0 Å². The van der Waals surface area contributed by atoms with Crippen molar-refractivity contribution in [2.24, 2.45) is 0 Å². The summed E-state index contributed by atoms with van der Waals surface area (Å²) in [6.07, 6.45) is 0. The highest BCUT2D eigenvalue weighted by molar-refractivity contribution is 7.89. The predicted molar refractivity (Wildman–Crippen MR) is 112 cm³/mol. The maximum Gasteiger partial charge on any atom is 0.251 e. The molecule has 2 rings (SSSR count). The second kappa shape index (κ2) is 10.5. The van der Waals surface area contributed by atoms with Crippen LogP contribution in [0.15, 0.2) is 53.4 Å². The van der Waals surface area contributed by atoms with Gasteiger partial charge in [0, 0.05) is 30.8 Å². The Labute approximate surface area is 173 Å². The molecule has 29 heavy (non-hydrogen) atoms. The van der Waals surface area contributed by atoms with Gasteiger partial charge in [0.1, 0.15) is 6.54 Å². The Hall–Kier alpha value is -2.26. The van der Waals surface area contributed by atoms with Gasteiger partial charge in [0.25, 0.3) is 5.91 Å². The SMILES string of the molecule is COC[C@@H](C)NS(=O)(=O)c1ccc(C(=O)NCc2ccccc2C[NH+](C)C)cc1. The monoisotopic (exact) mass is 420 g/mol. The van der Waals surface area contributed by atoms with Crippen LogP contribution in [0.5, 0.6) is 0 Å². The lowest BCUT2D eigenvalue weighted by Gasteiger charge is -2.14. The van der Waals surface area contributed by atoms with Crippen molar-refractivity contribution in [1.29, 1.82) is 0 Å². The number of rotatable bonds is 10. The number of hydrogen-bond acceptors (Lipinski definition) is 4. The summed E-state index contributed by atoms with van der Waals surface area (Å²) in [5, 5.41) is 2.91. The highest BCUT2D eigenvalue weighted by atomic mass is 32.2. The second-order valence-electron chi connectivity index (χ2n) is 7.34. The van der Waals surface area contributed by atoms with Gasteiger partial charge in [-0.05, 0) is 36.8 Å². The van der Waals surface area contributed by atoms with E-state index in [1.807, 2.05) is 18.2 Å². The fourth-order valence-electron chi connectivity index (χ4n) is 2.96. The zero-order valence-corrected chi connectivity index (χ0v) is 18.2. The number of ether oxygens (including phenoxy) is 1. The molecule has 0 saturated heterocycles. The third-order valence-electron chi connectivity index (χ3n) is 4.30. The molecule has 0 bridgehead atoms. The number of benzene rings is 2. The van der Waals surface area contributed by atoms with Crippen molar-refractivity contribution in [2.45, 2.75) is 31.0 Å². The maximum atomic E-state index is 12.5. The Bertz CT molecular complexity index is 912. The normalized spacial score (nSPS) is 12.7. The van der Waals surface area contributed by atoms with E-state index in [1.165, 1.54) is 41.8 Å². The molecule has 0 aromatic heterocycles. The van der Waals surface area contributed by atoms with Crippen LogP contribution in [0.25, 0.3) is 0 Å². The molecule has 7 nitrogen and oxygen atoms in total. The molecule has 0 aliphatic heterocycles. The van der Waals surface area contributed by atoms with Gasteiger partial charge in [-0.15, -0.1) is 0 Å². The lowest BCUT2D eigenvalue weighted by molar-refractivity contribution is -0.872. The van der Waals surface area contributed by atoms with Crippen molar-refractivity contribution < 1.29 is 22.8 Å². The smallest absolute Gasteiger partial charge is 0.251 e. The fraction of sp³-hybridized carbons (Fsp3) is 0.381. The van der Waals surface area contributed by atoms with E-state index in [-0.39, 0.29) is 23.5 Å². The number of amides is 1. The molecule has 0 aliphatic carbocycles. The molecule has 1 amide bonds. The van der Waals surface area contributed by atoms with Crippen molar-refractivity contribution in [2.75, 3.05) is 27.8 Å². The van der Waals surface area contributed by atoms with Gasteiger partial charge in [-0.25, -0.2) is 13.1 Å². The highest BCUT2D eigenvalue weighted by Gasteiger charge is 2.18. The van der Waals surface area contributed by atoms with Gasteiger partial charge in [-0.3, -0.25) is 4.79 Å². The van der Waals surface area contributed by atoms with Gasteiger partial charge in [0.2, 0.25) is 10.0 Å². The van der Waals surface area contributed by atoms with Crippen LogP contribution in [0.1, 0.15) is 28.4 Å². The first-order chi connectivity index (χ1) is 13.7. The van der Waals surface area contributed by atoms with Crippen LogP contribution < -0.4 is 14.9 Å². The van der Waals surface area contributed by atoms with E-state index >= 15 is 0 Å². The highest BCUT2D eigenvalue weighted by Crippen LogP contribution is 2.12. The largest absolute Gasteiger partial charge is 0.383 e. The van der Waals surface area contributed by atoms with Crippen LogP contribution in [0.4, 0.5) is 0 Å². The standard InChI is InChI=1S/C21H29N3O4S/c1-16(15-28-4)23-29(26,27)20-11-9-17(10-12-20)21(25)22-13-18-7-5-6-8-19(18)14-24(2)3/h5-12,16,23H,13-15H2,1-4H3,(H,22,25)/p+1/t16-/m1/s1. The van der Waals surface area contributed by atoms with Crippen LogP contribution in [-0.2, 0) is 27.8 Å². The van der Waals surface area contributed by atoms with Crippen LogP contribution in [-0.4, -0.2) is 48.2 Å². The van der Waals surface area contributed by atoms with Gasteiger partial charge < -0.3 is 15.0 Å². The minimum Gasteiger partial charge on any atom is -0.383 e. The average Bonchev–Trinajstić information content (AvgIpc) is 2.66. The summed E-state index contributed by atoms with van der Waals surface area (Å²) in [6.45, 7) is 3.28. The molecule has 0 saturated carbocycles. The predicted octanol–water partition coefficient (Wildman–Crippen LogP) is 0.574. The minimum atomic E-state index is -3.66. The second-order valence-corrected chi connectivity index (χ2v) is 9.05. The number of hydrogen-bond donors (Lipinski definition) is 3. The Morgan fingerprint density at radius 3 is 2.28 bits per heavy atom. The number of carbonyl (C=O) groups excluding carboxylic acids is 1. The average molecular weight is 421 g/mol. The number of methoxy groups -OCH3 is 1. The molecule has 0 spiro atoms. The Morgan fingerprint density at radius 2 is 1.69 bits per heavy atom. The summed E-state index contributed by atoms with van der Waals surface area (Å²) < 4.78 is 32.2. The minimum absolute atomic E-state index is 0.108. The molecule has 2 aromatic carbocycles. The number of sulfonamides is 1. The molecule has 8 heteroatoms. The van der Waals surface area contributed by atoms with Gasteiger partial charge in [0.15, 0.2) is 0 Å². The molecular weight excluding hydrogens is 390 g/mol. The summed E-state index contributed by atoms with van der Waals surface area (Å²) >= 11 is 0. The van der Waals surface area contributed by atoms with Crippen LogP contribution in [0, 0.1) is 0 Å². The zero-order chi connectivity index (χ0) is 21.4. The van der Waals surface area contributed by atoms with E-state index in [0.29, 0.717) is 12.1 Å². The molecule has 0 radical (unpaired) electrons. The Balaban J connectivity index is 2.03. The molecule has 0 heterocycles. The molecule has 1 atom stereocenters. The number of nitrogens with one attached hydrogen (secondary N) is 3. The Morgan fingerprint density at radius 1 is 1.07 bits per heavy atom. The molecule has 3 N–H and O–H groups in total. The quantitative estimate of drug-likeness (QED) is 0.525. The summed E-state index contributed by atoms with van der Waals surface area (Å²) in [5.74, 6) is -0.248. The number of quaternary nitrogens is 1. The van der Waals surface area contributed by atoms with E-state index in [1.54, 1.807) is 6.92 Å². The van der Waals surface area contributed by atoms with Gasteiger partial charge in [-0.2, -0.15) is 0 Å². The first-order valence-electron chi connectivity index (χ1n) is 9.48. The summed E-state index contributed by atoms with van der Waals surface area (Å²) in [5.41, 5.74) is 2.66. The van der Waals surface area contributed by atoms with Gasteiger partial charge in [0.05, 0.1) is 25.6 Å². The molecule has 2 aromatic rings. The van der Waals surface area contributed by atoms with Crippen LogP contribution in [0.2, 0.25) is 0 Å². The lowest BCUT2D eigenvalue weighted by atomic mass is 10.1. The van der Waals surface area contributed by atoms with Gasteiger partial charge >= 0.3 is 0 Å². The molecular formula is C21H30N3O4S+. The summed E-state index contributed by atoms with van der Waals surface area (Å²) in [7, 11) is 2.01. The van der Waals surface area contributed by atoms with E-state index < -0.39 is 10.0 Å². The molecule has 0 unspecified atom stereocenters. The fourth-order valence-corrected chi connectivity index (χ4v) is 4.19. The van der Waals surface area contributed by atoms with E-state index in [0.717, 1.165) is 12.1 Å². The van der Waals surface area contributed by atoms with Crippen molar-refractivity contribution in [1.82, 2.24) is 10.0 Å². The first kappa shape index (κ1) is 23.0. The van der Waals surface area contributed by atoms with Gasteiger partial charge in [-0.1, -0.05) is 24.3 Å². The summed E-state index contributed by atoms with van der Waals surface area (Å²) in [6, 6.07) is 13.5. The third-order valence-corrected chi connectivity index (χ3v) is 5.91.